The minimum atomic E-state index is -1.25. The Hall–Kier alpha value is -3.49. The fraction of sp³-hybridized carbons (Fsp3) is 0.350. The first-order valence-electron chi connectivity index (χ1n) is 9.02. The monoisotopic (exact) mass is 398 g/mol. The molecule has 0 spiro atoms. The molecule has 0 radical (unpaired) electrons. The van der Waals surface area contributed by atoms with Crippen LogP contribution in [0.2, 0.25) is 0 Å². The average Bonchev–Trinajstić information content (AvgIpc) is 3.12. The van der Waals surface area contributed by atoms with Gasteiger partial charge in [0.2, 0.25) is 11.8 Å². The average molecular weight is 398 g/mol. The molecule has 4 amide bonds. The number of carbonyl (C=O) groups is 4. The van der Waals surface area contributed by atoms with E-state index in [4.69, 9.17) is 4.74 Å². The van der Waals surface area contributed by atoms with E-state index in [-0.39, 0.29) is 12.1 Å². The Labute approximate surface area is 167 Å². The molecule has 29 heavy (non-hydrogen) atoms. The molecular weight excluding hydrogens is 376 g/mol. The first-order chi connectivity index (χ1) is 13.8. The van der Waals surface area contributed by atoms with Gasteiger partial charge in [-0.2, -0.15) is 0 Å². The van der Waals surface area contributed by atoms with Crippen LogP contribution in [0.3, 0.4) is 0 Å². The highest BCUT2D eigenvalue weighted by atomic mass is 16.5. The number of amides is 4. The molecule has 9 heteroatoms. The van der Waals surface area contributed by atoms with Crippen molar-refractivity contribution in [2.75, 3.05) is 21.2 Å². The topological polar surface area (TPSA) is 112 Å². The molecule has 0 aliphatic carbocycles. The maximum Gasteiger partial charge on any atom is 0.332 e. The molecule has 1 N–H and O–H groups in total. The Kier molecular flexibility index (Phi) is 5.49. The lowest BCUT2D eigenvalue weighted by Crippen LogP contribution is -2.58. The van der Waals surface area contributed by atoms with Crippen molar-refractivity contribution in [3.63, 3.8) is 0 Å². The van der Waals surface area contributed by atoms with Gasteiger partial charge >= 0.3 is 12.0 Å². The number of rotatable bonds is 5. The van der Waals surface area contributed by atoms with E-state index < -0.39 is 35.8 Å². The lowest BCUT2D eigenvalue weighted by molar-refractivity contribution is -0.145. The molecule has 0 bridgehead atoms. The zero-order chi connectivity index (χ0) is 21.3. The van der Waals surface area contributed by atoms with E-state index in [0.29, 0.717) is 0 Å². The third-order valence-corrected chi connectivity index (χ3v) is 5.07. The number of H-pyrrole nitrogens is 1. The number of carbonyl (C=O) groups excluding carboxylic acids is 4. The molecule has 1 aliphatic rings. The second kappa shape index (κ2) is 7.86. The molecule has 1 saturated heterocycles. The summed E-state index contributed by atoms with van der Waals surface area (Å²) in [5.74, 6) is -3.17. The molecule has 1 aromatic carbocycles. The number of nitrogens with one attached hydrogen (secondary N) is 1. The van der Waals surface area contributed by atoms with Crippen LogP contribution in [-0.4, -0.2) is 71.6 Å². The minimum Gasteiger partial charge on any atom is -0.467 e. The number of methoxy groups -OCH3 is 1. The summed E-state index contributed by atoms with van der Waals surface area (Å²) >= 11 is 0. The van der Waals surface area contributed by atoms with Crippen LogP contribution in [0.4, 0.5) is 4.79 Å². The number of barbiturate groups is 1. The number of nitrogens with zero attached hydrogens (tertiary/aromatic N) is 3. The predicted molar refractivity (Wildman–Crippen MR) is 105 cm³/mol. The largest absolute Gasteiger partial charge is 0.467 e. The first kappa shape index (κ1) is 20.2. The number of esters is 1. The molecular formula is C20H22N4O5. The molecule has 2 aromatic rings. The van der Waals surface area contributed by atoms with Gasteiger partial charge in [-0.15, -0.1) is 0 Å². The molecule has 1 atom stereocenters. The van der Waals surface area contributed by atoms with Crippen molar-refractivity contribution in [2.24, 2.45) is 10.9 Å². The molecule has 2 heterocycles. The van der Waals surface area contributed by atoms with Gasteiger partial charge in [0.25, 0.3) is 0 Å². The Morgan fingerprint density at radius 3 is 2.41 bits per heavy atom. The smallest absolute Gasteiger partial charge is 0.332 e. The van der Waals surface area contributed by atoms with Gasteiger partial charge in [-0.1, -0.05) is 18.2 Å². The highest BCUT2D eigenvalue weighted by Crippen LogP contribution is 2.22. The third-order valence-electron chi connectivity index (χ3n) is 5.07. The number of ether oxygens (including phenoxy) is 1. The van der Waals surface area contributed by atoms with Crippen LogP contribution >= 0.6 is 0 Å². The number of urea groups is 1. The van der Waals surface area contributed by atoms with E-state index in [2.05, 4.69) is 9.98 Å². The van der Waals surface area contributed by atoms with Crippen LogP contribution < -0.4 is 0 Å². The lowest BCUT2D eigenvalue weighted by atomic mass is 9.98. The molecule has 1 aliphatic heterocycles. The first-order valence-corrected chi connectivity index (χ1v) is 9.02. The Bertz CT molecular complexity index is 1000. The number of hydrogen-bond donors (Lipinski definition) is 1. The second-order valence-corrected chi connectivity index (χ2v) is 6.88. The van der Waals surface area contributed by atoms with Crippen molar-refractivity contribution < 1.29 is 23.9 Å². The standard InChI is InChI=1S/C20H22N4O5/c1-11(16-17(25)23(2)20(28)24(3)18(16)26)22-15(19(27)29-4)9-12-10-21-14-8-6-5-7-13(12)14/h5-8,10,15-16,21H,9H2,1-4H3/t15-/m1/s1. The van der Waals surface area contributed by atoms with Gasteiger partial charge in [-0.3, -0.25) is 24.4 Å². The van der Waals surface area contributed by atoms with Crippen LogP contribution in [0.5, 0.6) is 0 Å². The van der Waals surface area contributed by atoms with E-state index in [1.807, 2.05) is 24.3 Å². The van der Waals surface area contributed by atoms with Crippen molar-refractivity contribution in [3.05, 3.63) is 36.0 Å². The summed E-state index contributed by atoms with van der Waals surface area (Å²) in [5, 5.41) is 0.948. The van der Waals surface area contributed by atoms with Gasteiger partial charge < -0.3 is 9.72 Å². The summed E-state index contributed by atoms with van der Waals surface area (Å²) in [6, 6.07) is 6.00. The quantitative estimate of drug-likeness (QED) is 0.465. The highest BCUT2D eigenvalue weighted by molar-refractivity contribution is 6.27. The number of hydrogen-bond acceptors (Lipinski definition) is 6. The summed E-state index contributed by atoms with van der Waals surface area (Å²) in [6.45, 7) is 1.50. The van der Waals surface area contributed by atoms with Gasteiger partial charge in [0.05, 0.1) is 7.11 Å². The van der Waals surface area contributed by atoms with E-state index in [0.717, 1.165) is 26.3 Å². The van der Waals surface area contributed by atoms with E-state index in [9.17, 15) is 19.2 Å². The van der Waals surface area contributed by atoms with Crippen molar-refractivity contribution >= 4 is 40.4 Å². The highest BCUT2D eigenvalue weighted by Gasteiger charge is 2.44. The number of benzene rings is 1. The lowest BCUT2D eigenvalue weighted by Gasteiger charge is -2.33. The number of aromatic amines is 1. The van der Waals surface area contributed by atoms with Crippen molar-refractivity contribution in [3.8, 4) is 0 Å². The van der Waals surface area contributed by atoms with Crippen LogP contribution in [0.15, 0.2) is 35.5 Å². The predicted octanol–water partition coefficient (Wildman–Crippen LogP) is 1.38. The molecule has 152 valence electrons. The SMILES string of the molecule is COC(=O)[C@@H](Cc1c[nH]c2ccccc12)N=C(C)C1C(=O)N(C)C(=O)N(C)C1=O. The normalized spacial score (nSPS) is 17.2. The zero-order valence-corrected chi connectivity index (χ0v) is 16.6. The number of fused-ring (bicyclic) bond motifs is 1. The van der Waals surface area contributed by atoms with Gasteiger partial charge in [0.1, 0.15) is 0 Å². The summed E-state index contributed by atoms with van der Waals surface area (Å²) in [5.41, 5.74) is 1.94. The molecule has 1 fully saturated rings. The summed E-state index contributed by atoms with van der Waals surface area (Å²) in [4.78, 5) is 58.5. The van der Waals surface area contributed by atoms with E-state index in [1.54, 1.807) is 6.20 Å². The maximum absolute atomic E-state index is 12.5. The third kappa shape index (κ3) is 3.63. The number of aliphatic imine (C=N–C) groups is 1. The van der Waals surface area contributed by atoms with Crippen LogP contribution in [0.25, 0.3) is 10.9 Å². The fourth-order valence-corrected chi connectivity index (χ4v) is 3.41. The van der Waals surface area contributed by atoms with Gasteiger partial charge in [-0.25, -0.2) is 9.59 Å². The van der Waals surface area contributed by atoms with Gasteiger partial charge in [0, 0.05) is 43.3 Å². The second-order valence-electron chi connectivity index (χ2n) is 6.88. The molecule has 0 unspecified atom stereocenters. The zero-order valence-electron chi connectivity index (χ0n) is 16.6. The fourth-order valence-electron chi connectivity index (χ4n) is 3.41. The maximum atomic E-state index is 12.5. The van der Waals surface area contributed by atoms with Crippen LogP contribution in [0.1, 0.15) is 12.5 Å². The summed E-state index contributed by atoms with van der Waals surface area (Å²) in [7, 11) is 3.86. The Balaban J connectivity index is 1.94. The molecule has 3 rings (SSSR count). The van der Waals surface area contributed by atoms with E-state index >= 15 is 0 Å². The number of aromatic nitrogens is 1. The Morgan fingerprint density at radius 1 is 1.17 bits per heavy atom. The van der Waals surface area contributed by atoms with Crippen LogP contribution in [-0.2, 0) is 25.5 Å². The summed E-state index contributed by atoms with van der Waals surface area (Å²) < 4.78 is 4.87. The van der Waals surface area contributed by atoms with Gasteiger partial charge in [-0.05, 0) is 18.6 Å². The number of imide groups is 2. The van der Waals surface area contributed by atoms with Crippen molar-refractivity contribution in [1.82, 2.24) is 14.8 Å². The number of para-hydroxylation sites is 1. The molecule has 1 aromatic heterocycles. The van der Waals surface area contributed by atoms with Crippen LogP contribution in [0, 0.1) is 5.92 Å². The van der Waals surface area contributed by atoms with Gasteiger partial charge in [0.15, 0.2) is 12.0 Å². The Morgan fingerprint density at radius 2 is 1.79 bits per heavy atom. The van der Waals surface area contributed by atoms with Crippen molar-refractivity contribution in [1.29, 1.82) is 0 Å². The summed E-state index contributed by atoms with van der Waals surface area (Å²) in [6.07, 6.45) is 2.02. The van der Waals surface area contributed by atoms with E-state index in [1.165, 1.54) is 28.1 Å². The molecule has 0 saturated carbocycles. The van der Waals surface area contributed by atoms with Crippen molar-refractivity contribution in [2.45, 2.75) is 19.4 Å². The molecule has 9 nitrogen and oxygen atoms in total. The minimum absolute atomic E-state index is 0.154.